The Hall–Kier alpha value is -3.76. The highest BCUT2D eigenvalue weighted by atomic mass is 16.5. The molecule has 0 amide bonds. The van der Waals surface area contributed by atoms with Crippen molar-refractivity contribution in [1.82, 2.24) is 34.5 Å². The first kappa shape index (κ1) is 26.5. The third-order valence-corrected chi connectivity index (χ3v) is 8.32. The van der Waals surface area contributed by atoms with Crippen molar-refractivity contribution >= 4 is 28.4 Å². The maximum absolute atomic E-state index is 6.20. The minimum atomic E-state index is 0.279. The molecule has 1 aliphatic heterocycles. The second-order valence-corrected chi connectivity index (χ2v) is 11.0. The zero-order valence-corrected chi connectivity index (χ0v) is 23.5. The largest absolute Gasteiger partial charge is 0.495 e. The Labute approximate surface area is 235 Å². The highest BCUT2D eigenvalue weighted by molar-refractivity contribution is 5.87. The molecule has 210 valence electrons. The first-order valence-corrected chi connectivity index (χ1v) is 14.4. The van der Waals surface area contributed by atoms with Gasteiger partial charge < -0.3 is 20.3 Å². The lowest BCUT2D eigenvalue weighted by Crippen LogP contribution is -2.45. The van der Waals surface area contributed by atoms with Crippen molar-refractivity contribution in [2.24, 2.45) is 0 Å². The molecule has 0 atom stereocenters. The van der Waals surface area contributed by atoms with E-state index in [1.165, 1.54) is 19.3 Å². The van der Waals surface area contributed by atoms with Gasteiger partial charge in [-0.3, -0.25) is 9.58 Å². The Morgan fingerprint density at radius 1 is 0.975 bits per heavy atom. The lowest BCUT2D eigenvalue weighted by Gasteiger charge is -2.35. The smallest absolute Gasteiger partial charge is 0.230 e. The summed E-state index contributed by atoms with van der Waals surface area (Å²) in [6, 6.07) is 8.54. The molecule has 2 N–H and O–H groups in total. The van der Waals surface area contributed by atoms with Crippen molar-refractivity contribution in [3.8, 4) is 16.9 Å². The number of rotatable bonds is 8. The highest BCUT2D eigenvalue weighted by Crippen LogP contribution is 2.40. The molecule has 3 aromatic heterocycles. The van der Waals surface area contributed by atoms with Crippen LogP contribution in [0.25, 0.3) is 22.0 Å². The van der Waals surface area contributed by atoms with E-state index in [9.17, 15) is 0 Å². The number of aromatic nitrogens is 5. The fourth-order valence-corrected chi connectivity index (χ4v) is 5.90. The second-order valence-electron chi connectivity index (χ2n) is 11.0. The maximum atomic E-state index is 6.20. The average Bonchev–Trinajstić information content (AvgIpc) is 3.47. The lowest BCUT2D eigenvalue weighted by atomic mass is 9.93. The number of hydrogen-bond donors (Lipinski definition) is 1. The number of nitrogen functional groups attached to an aromatic ring is 1. The van der Waals surface area contributed by atoms with Crippen molar-refractivity contribution in [2.45, 2.75) is 44.7 Å². The van der Waals surface area contributed by atoms with Crippen LogP contribution in [-0.2, 0) is 6.54 Å². The van der Waals surface area contributed by atoms with Gasteiger partial charge in [0.05, 0.1) is 25.5 Å². The molecular formula is C30H39N9O. The summed E-state index contributed by atoms with van der Waals surface area (Å²) in [6.45, 7) is 6.38. The number of methoxy groups -OCH3 is 1. The number of ether oxygens (including phenoxy) is 1. The van der Waals surface area contributed by atoms with Crippen LogP contribution >= 0.6 is 0 Å². The lowest BCUT2D eigenvalue weighted by molar-refractivity contribution is 0.149. The van der Waals surface area contributed by atoms with Crippen molar-refractivity contribution < 1.29 is 4.74 Å². The van der Waals surface area contributed by atoms with Crippen LogP contribution in [0.2, 0.25) is 0 Å². The van der Waals surface area contributed by atoms with Crippen LogP contribution in [0.3, 0.4) is 0 Å². The summed E-state index contributed by atoms with van der Waals surface area (Å²) >= 11 is 0. The molecule has 0 spiro atoms. The third-order valence-electron chi connectivity index (χ3n) is 8.32. The van der Waals surface area contributed by atoms with Crippen molar-refractivity contribution in [3.63, 3.8) is 0 Å². The number of anilines is 3. The van der Waals surface area contributed by atoms with E-state index in [4.69, 9.17) is 20.4 Å². The van der Waals surface area contributed by atoms with Crippen LogP contribution < -0.4 is 15.4 Å². The first-order valence-electron chi connectivity index (χ1n) is 14.4. The summed E-state index contributed by atoms with van der Waals surface area (Å²) in [7, 11) is 3.91. The van der Waals surface area contributed by atoms with E-state index in [1.54, 1.807) is 13.3 Å². The van der Waals surface area contributed by atoms with E-state index in [0.717, 1.165) is 80.1 Å². The third kappa shape index (κ3) is 5.59. The molecule has 2 fully saturated rings. The molecule has 1 saturated heterocycles. The second kappa shape index (κ2) is 11.8. The van der Waals surface area contributed by atoms with E-state index in [0.29, 0.717) is 17.3 Å². The Kier molecular flexibility index (Phi) is 7.79. The molecule has 10 heteroatoms. The number of hydrogen-bond acceptors (Lipinski definition) is 9. The molecule has 10 nitrogen and oxygen atoms in total. The normalized spacial score (nSPS) is 17.4. The van der Waals surface area contributed by atoms with Gasteiger partial charge >= 0.3 is 0 Å². The highest BCUT2D eigenvalue weighted by Gasteiger charge is 2.28. The predicted octanol–water partition coefficient (Wildman–Crippen LogP) is 4.20. The number of pyridine rings is 1. The Bertz CT molecular complexity index is 1440. The maximum Gasteiger partial charge on any atom is 0.230 e. The van der Waals surface area contributed by atoms with Crippen molar-refractivity contribution in [1.29, 1.82) is 0 Å². The predicted molar refractivity (Wildman–Crippen MR) is 159 cm³/mol. The van der Waals surface area contributed by atoms with E-state index in [-0.39, 0.29) is 6.04 Å². The SMILES string of the molecule is COc1cc(-c2cnn(CCN3CCN(C)CC3)c2)ccc1N(c1ncc2ccnc(N)c2n1)C1CCCCC1. The molecule has 0 bridgehead atoms. The van der Waals surface area contributed by atoms with Crippen molar-refractivity contribution in [3.05, 3.63) is 49.1 Å². The van der Waals surface area contributed by atoms with Crippen LogP contribution in [0.4, 0.5) is 17.5 Å². The minimum absolute atomic E-state index is 0.279. The Morgan fingerprint density at radius 2 is 1.80 bits per heavy atom. The van der Waals surface area contributed by atoms with E-state index < -0.39 is 0 Å². The zero-order valence-electron chi connectivity index (χ0n) is 23.5. The summed E-state index contributed by atoms with van der Waals surface area (Å²) in [5, 5.41) is 5.54. The van der Waals surface area contributed by atoms with Gasteiger partial charge in [0.2, 0.25) is 5.95 Å². The van der Waals surface area contributed by atoms with Gasteiger partial charge in [0, 0.05) is 68.3 Å². The summed E-state index contributed by atoms with van der Waals surface area (Å²) in [5.74, 6) is 1.83. The first-order chi connectivity index (χ1) is 19.6. The molecule has 4 heterocycles. The Balaban J connectivity index is 1.28. The summed E-state index contributed by atoms with van der Waals surface area (Å²) < 4.78 is 8.03. The Morgan fingerprint density at radius 3 is 2.60 bits per heavy atom. The van der Waals surface area contributed by atoms with Gasteiger partial charge in [0.15, 0.2) is 0 Å². The molecule has 1 saturated carbocycles. The topological polar surface area (TPSA) is 101 Å². The molecule has 6 rings (SSSR count). The molecule has 1 aliphatic carbocycles. The quantitative estimate of drug-likeness (QED) is 0.352. The fourth-order valence-electron chi connectivity index (χ4n) is 5.90. The summed E-state index contributed by atoms with van der Waals surface area (Å²) in [5.41, 5.74) is 9.98. The molecule has 40 heavy (non-hydrogen) atoms. The fraction of sp³-hybridized carbons (Fsp3) is 0.467. The van der Waals surface area contributed by atoms with Crippen LogP contribution in [0.1, 0.15) is 32.1 Å². The van der Waals surface area contributed by atoms with Crippen LogP contribution in [-0.4, -0.2) is 87.5 Å². The van der Waals surface area contributed by atoms with Gasteiger partial charge in [0.25, 0.3) is 0 Å². The number of benzene rings is 1. The number of piperazine rings is 1. The van der Waals surface area contributed by atoms with Crippen molar-refractivity contribution in [2.75, 3.05) is 57.5 Å². The minimum Gasteiger partial charge on any atom is -0.495 e. The van der Waals surface area contributed by atoms with E-state index >= 15 is 0 Å². The summed E-state index contributed by atoms with van der Waals surface area (Å²) in [6.07, 6.45) is 13.4. The van der Waals surface area contributed by atoms with Gasteiger partial charge in [-0.25, -0.2) is 15.0 Å². The van der Waals surface area contributed by atoms with Crippen LogP contribution in [0, 0.1) is 0 Å². The molecular weight excluding hydrogens is 502 g/mol. The number of fused-ring (bicyclic) bond motifs is 1. The number of nitrogens with zero attached hydrogens (tertiary/aromatic N) is 8. The van der Waals surface area contributed by atoms with Crippen LogP contribution in [0.5, 0.6) is 5.75 Å². The van der Waals surface area contributed by atoms with Gasteiger partial charge in [-0.05, 0) is 43.7 Å². The standard InChI is InChI=1S/C30H39N9O/c1-36-12-14-37(15-13-36)16-17-38-21-24(20-34-38)22-8-9-26(27(18-22)40-2)39(25-6-4-3-5-7-25)30-33-19-23-10-11-32-29(31)28(23)35-30/h8-11,18-21,25H,3-7,12-17H2,1-2H3,(H2,31,32). The van der Waals surface area contributed by atoms with Gasteiger partial charge in [-0.1, -0.05) is 25.3 Å². The molecule has 1 aromatic carbocycles. The molecule has 4 aromatic rings. The monoisotopic (exact) mass is 541 g/mol. The number of likely N-dealkylation sites (N-methyl/N-ethyl adjacent to an activating group) is 1. The van der Waals surface area contributed by atoms with Gasteiger partial charge in [-0.15, -0.1) is 0 Å². The van der Waals surface area contributed by atoms with Gasteiger partial charge in [-0.2, -0.15) is 5.10 Å². The van der Waals surface area contributed by atoms with Crippen LogP contribution in [0.15, 0.2) is 49.1 Å². The summed E-state index contributed by atoms with van der Waals surface area (Å²) in [4.78, 5) is 21.1. The van der Waals surface area contributed by atoms with Gasteiger partial charge in [0.1, 0.15) is 17.1 Å². The molecule has 0 unspecified atom stereocenters. The molecule has 0 radical (unpaired) electrons. The average molecular weight is 542 g/mol. The van der Waals surface area contributed by atoms with E-state index in [2.05, 4.69) is 56.2 Å². The number of nitrogens with two attached hydrogens (primary N) is 1. The molecule has 2 aliphatic rings. The zero-order chi connectivity index (χ0) is 27.5. The van der Waals surface area contributed by atoms with E-state index in [1.807, 2.05) is 23.1 Å².